The summed E-state index contributed by atoms with van der Waals surface area (Å²) in [6, 6.07) is 17.9. The average Bonchev–Trinajstić information content (AvgIpc) is 2.32. The molecule has 0 N–H and O–H groups in total. The largest absolute Gasteiger partial charge is 0.233 e. The first-order valence-electron chi connectivity index (χ1n) is 4.76. The van der Waals surface area contributed by atoms with Gasteiger partial charge in [0.1, 0.15) is 5.94 Å². The highest BCUT2D eigenvalue weighted by Gasteiger charge is 1.95. The highest BCUT2D eigenvalue weighted by molar-refractivity contribution is 5.76. The van der Waals surface area contributed by atoms with E-state index in [1.54, 1.807) is 5.94 Å². The predicted octanol–water partition coefficient (Wildman–Crippen LogP) is 3.20. The molecule has 0 aliphatic rings. The maximum atomic E-state index is 10.1. The van der Waals surface area contributed by atoms with Crippen LogP contribution in [0.1, 0.15) is 5.56 Å². The van der Waals surface area contributed by atoms with Crippen LogP contribution in [0, 0.1) is 0 Å². The smallest absolute Gasteiger partial charge is 0.125 e. The first kappa shape index (κ1) is 9.45. The first-order chi connectivity index (χ1) is 7.40. The van der Waals surface area contributed by atoms with Crippen LogP contribution < -0.4 is 0 Å². The lowest BCUT2D eigenvalue weighted by Gasteiger charge is -2.00. The summed E-state index contributed by atoms with van der Waals surface area (Å²) in [5.74, 6) is 1.77. The third kappa shape index (κ3) is 2.22. The Bertz CT molecular complexity index is 477. The molecular weight excluding hydrogens is 184 g/mol. The van der Waals surface area contributed by atoms with Gasteiger partial charge in [-0.3, -0.25) is 0 Å². The van der Waals surface area contributed by atoms with Crippen LogP contribution in [-0.4, -0.2) is 5.94 Å². The Morgan fingerprint density at radius 2 is 1.40 bits per heavy atom. The van der Waals surface area contributed by atoms with Gasteiger partial charge in [-0.15, -0.1) is 0 Å². The zero-order chi connectivity index (χ0) is 10.5. The summed E-state index contributed by atoms with van der Waals surface area (Å²) in [6.07, 6.45) is 1.43. The van der Waals surface area contributed by atoms with Crippen LogP contribution >= 0.6 is 0 Å². The van der Waals surface area contributed by atoms with Crippen LogP contribution in [0.25, 0.3) is 17.2 Å². The molecule has 2 rings (SSSR count). The molecular formula is C14H10O. The summed E-state index contributed by atoms with van der Waals surface area (Å²) in [4.78, 5) is 10.1. The molecule has 2 aromatic rings. The maximum absolute atomic E-state index is 10.1. The monoisotopic (exact) mass is 194 g/mol. The highest BCUT2D eigenvalue weighted by atomic mass is 16.1. The van der Waals surface area contributed by atoms with Crippen molar-refractivity contribution in [2.24, 2.45) is 0 Å². The second kappa shape index (κ2) is 4.41. The van der Waals surface area contributed by atoms with E-state index >= 15 is 0 Å². The van der Waals surface area contributed by atoms with Crippen molar-refractivity contribution in [2.75, 3.05) is 0 Å². The fourth-order valence-corrected chi connectivity index (χ4v) is 1.47. The molecule has 0 heterocycles. The van der Waals surface area contributed by atoms with Crippen molar-refractivity contribution >= 4 is 12.0 Å². The van der Waals surface area contributed by atoms with Gasteiger partial charge in [-0.1, -0.05) is 54.6 Å². The molecule has 0 aliphatic heterocycles. The molecule has 0 unspecified atom stereocenters. The fourth-order valence-electron chi connectivity index (χ4n) is 1.47. The molecule has 0 radical (unpaired) electrons. The minimum absolute atomic E-state index is 0.879. The lowest BCUT2D eigenvalue weighted by atomic mass is 10.0. The Morgan fingerprint density at radius 1 is 0.800 bits per heavy atom. The van der Waals surface area contributed by atoms with Gasteiger partial charge in [-0.2, -0.15) is 0 Å². The molecule has 72 valence electrons. The van der Waals surface area contributed by atoms with Crippen LogP contribution in [0.5, 0.6) is 0 Å². The average molecular weight is 194 g/mol. The summed E-state index contributed by atoms with van der Waals surface area (Å²) in [5.41, 5.74) is 3.21. The van der Waals surface area contributed by atoms with Gasteiger partial charge in [0, 0.05) is 6.08 Å². The number of rotatable bonds is 2. The minimum atomic E-state index is 0.879. The van der Waals surface area contributed by atoms with Gasteiger partial charge in [0.05, 0.1) is 0 Å². The molecule has 0 saturated carbocycles. The molecule has 0 spiro atoms. The lowest BCUT2D eigenvalue weighted by Crippen LogP contribution is -1.77. The van der Waals surface area contributed by atoms with E-state index in [0.717, 1.165) is 11.1 Å². The van der Waals surface area contributed by atoms with Crippen LogP contribution in [0.3, 0.4) is 0 Å². The second-order valence-corrected chi connectivity index (χ2v) is 3.25. The van der Waals surface area contributed by atoms with E-state index in [4.69, 9.17) is 0 Å². The number of hydrogen-bond donors (Lipinski definition) is 0. The molecule has 0 amide bonds. The second-order valence-electron chi connectivity index (χ2n) is 3.25. The Morgan fingerprint density at radius 3 is 2.00 bits per heavy atom. The van der Waals surface area contributed by atoms with E-state index < -0.39 is 0 Å². The molecule has 0 bridgehead atoms. The highest BCUT2D eigenvalue weighted by Crippen LogP contribution is 2.19. The number of hydrogen-bond acceptors (Lipinski definition) is 1. The van der Waals surface area contributed by atoms with Gasteiger partial charge in [0.2, 0.25) is 0 Å². The van der Waals surface area contributed by atoms with Gasteiger partial charge >= 0.3 is 0 Å². The SMILES string of the molecule is O=C=Cc1ccc(-c2ccccc2)cc1. The molecule has 2 aromatic carbocycles. The van der Waals surface area contributed by atoms with Crippen molar-refractivity contribution in [1.29, 1.82) is 0 Å². The van der Waals surface area contributed by atoms with Crippen molar-refractivity contribution < 1.29 is 4.79 Å². The summed E-state index contributed by atoms with van der Waals surface area (Å²) in [7, 11) is 0. The third-order valence-electron chi connectivity index (χ3n) is 2.24. The number of carbonyl (C=O) groups excluding carboxylic acids is 1. The summed E-state index contributed by atoms with van der Waals surface area (Å²) in [6.45, 7) is 0. The zero-order valence-electron chi connectivity index (χ0n) is 8.18. The first-order valence-corrected chi connectivity index (χ1v) is 4.76. The van der Waals surface area contributed by atoms with Crippen molar-refractivity contribution in [3.63, 3.8) is 0 Å². The zero-order valence-corrected chi connectivity index (χ0v) is 8.18. The van der Waals surface area contributed by atoms with Crippen LogP contribution in [0.4, 0.5) is 0 Å². The van der Waals surface area contributed by atoms with E-state index in [2.05, 4.69) is 12.1 Å². The van der Waals surface area contributed by atoms with Crippen molar-refractivity contribution in [3.8, 4) is 11.1 Å². The quantitative estimate of drug-likeness (QED) is 0.671. The van der Waals surface area contributed by atoms with Gasteiger partial charge in [-0.05, 0) is 16.7 Å². The van der Waals surface area contributed by atoms with Crippen LogP contribution in [-0.2, 0) is 4.79 Å². The Hall–Kier alpha value is -2.11. The van der Waals surface area contributed by atoms with Crippen molar-refractivity contribution in [1.82, 2.24) is 0 Å². The molecule has 0 aliphatic carbocycles. The van der Waals surface area contributed by atoms with Crippen LogP contribution in [0.2, 0.25) is 0 Å². The molecule has 0 aromatic heterocycles. The molecule has 1 heteroatoms. The standard InChI is InChI=1S/C14H10O/c15-11-10-12-6-8-14(9-7-12)13-4-2-1-3-5-13/h1-10H. The molecule has 1 nitrogen and oxygen atoms in total. The normalized spacial score (nSPS) is 9.33. The van der Waals surface area contributed by atoms with E-state index in [0.29, 0.717) is 0 Å². The summed E-state index contributed by atoms with van der Waals surface area (Å²) in [5, 5.41) is 0. The Balaban J connectivity index is 2.36. The van der Waals surface area contributed by atoms with Crippen molar-refractivity contribution in [3.05, 3.63) is 60.2 Å². The maximum Gasteiger partial charge on any atom is 0.125 e. The van der Waals surface area contributed by atoms with Gasteiger partial charge < -0.3 is 0 Å². The van der Waals surface area contributed by atoms with E-state index in [1.165, 1.54) is 11.6 Å². The fraction of sp³-hybridized carbons (Fsp3) is 0. The Kier molecular flexibility index (Phi) is 2.77. The van der Waals surface area contributed by atoms with E-state index in [1.807, 2.05) is 42.5 Å². The van der Waals surface area contributed by atoms with Crippen molar-refractivity contribution in [2.45, 2.75) is 0 Å². The number of benzene rings is 2. The Labute approximate surface area is 88.7 Å². The van der Waals surface area contributed by atoms with Gasteiger partial charge in [0.25, 0.3) is 0 Å². The minimum Gasteiger partial charge on any atom is -0.233 e. The topological polar surface area (TPSA) is 17.1 Å². The molecule has 0 saturated heterocycles. The molecule has 0 fully saturated rings. The molecule has 0 atom stereocenters. The summed E-state index contributed by atoms with van der Waals surface area (Å²) >= 11 is 0. The lowest BCUT2D eigenvalue weighted by molar-refractivity contribution is 0.570. The van der Waals surface area contributed by atoms with Crippen LogP contribution in [0.15, 0.2) is 54.6 Å². The molecule has 15 heavy (non-hydrogen) atoms. The summed E-state index contributed by atoms with van der Waals surface area (Å²) < 4.78 is 0. The van der Waals surface area contributed by atoms with E-state index in [-0.39, 0.29) is 0 Å². The predicted molar refractivity (Wildman–Crippen MR) is 62.0 cm³/mol. The van der Waals surface area contributed by atoms with Gasteiger partial charge in [-0.25, -0.2) is 4.79 Å². The third-order valence-corrected chi connectivity index (χ3v) is 2.24. The van der Waals surface area contributed by atoms with Gasteiger partial charge in [0.15, 0.2) is 0 Å². The van der Waals surface area contributed by atoms with E-state index in [9.17, 15) is 4.79 Å².